The van der Waals surface area contributed by atoms with Crippen LogP contribution in [0.5, 0.6) is 0 Å². The summed E-state index contributed by atoms with van der Waals surface area (Å²) >= 11 is 0. The van der Waals surface area contributed by atoms with Crippen molar-refractivity contribution in [1.82, 2.24) is 29.9 Å². The molecule has 2 aromatic rings. The fourth-order valence-electron chi connectivity index (χ4n) is 2.04. The van der Waals surface area contributed by atoms with Crippen LogP contribution in [0.1, 0.15) is 31.4 Å². The highest BCUT2D eigenvalue weighted by Crippen LogP contribution is 2.15. The van der Waals surface area contributed by atoms with Crippen molar-refractivity contribution >= 4 is 0 Å². The first kappa shape index (κ1) is 12.8. The van der Waals surface area contributed by atoms with Crippen LogP contribution < -0.4 is 5.32 Å². The van der Waals surface area contributed by atoms with Crippen LogP contribution in [0.15, 0.2) is 18.6 Å². The summed E-state index contributed by atoms with van der Waals surface area (Å²) in [5.74, 6) is 0.995. The number of aryl methyl sites for hydroxylation is 2. The van der Waals surface area contributed by atoms with E-state index in [-0.39, 0.29) is 6.04 Å². The lowest BCUT2D eigenvalue weighted by Gasteiger charge is -2.15. The van der Waals surface area contributed by atoms with Crippen molar-refractivity contribution < 1.29 is 0 Å². The van der Waals surface area contributed by atoms with Gasteiger partial charge in [-0.05, 0) is 19.5 Å². The molecule has 0 radical (unpaired) electrons. The fraction of sp³-hybridized carbons (Fsp3) is 0.583. The molecule has 6 nitrogen and oxygen atoms in total. The quantitative estimate of drug-likeness (QED) is 0.826. The zero-order valence-electron chi connectivity index (χ0n) is 11.2. The lowest BCUT2D eigenvalue weighted by Crippen LogP contribution is -2.25. The van der Waals surface area contributed by atoms with E-state index in [1.165, 1.54) is 0 Å². The Hall–Kier alpha value is -1.69. The monoisotopic (exact) mass is 248 g/mol. The maximum absolute atomic E-state index is 4.46. The molecule has 0 aliphatic carbocycles. The predicted octanol–water partition coefficient (Wildman–Crippen LogP) is 0.925. The van der Waals surface area contributed by atoms with Crippen molar-refractivity contribution in [3.05, 3.63) is 30.1 Å². The predicted molar refractivity (Wildman–Crippen MR) is 69.0 cm³/mol. The van der Waals surface area contributed by atoms with E-state index in [4.69, 9.17) is 0 Å². The van der Waals surface area contributed by atoms with E-state index in [1.54, 1.807) is 6.33 Å². The van der Waals surface area contributed by atoms with Crippen LogP contribution in [0, 0.1) is 0 Å². The second-order valence-electron chi connectivity index (χ2n) is 4.22. The molecule has 1 N–H and O–H groups in total. The molecule has 0 saturated carbocycles. The average Bonchev–Trinajstić information content (AvgIpc) is 2.97. The average molecular weight is 248 g/mol. The molecule has 0 amide bonds. The Kier molecular flexibility index (Phi) is 4.09. The molecule has 18 heavy (non-hydrogen) atoms. The molecule has 0 saturated heterocycles. The molecule has 2 aromatic heterocycles. The van der Waals surface area contributed by atoms with Gasteiger partial charge < -0.3 is 5.32 Å². The highest BCUT2D eigenvalue weighted by atomic mass is 15.3. The minimum atomic E-state index is 0.186. The van der Waals surface area contributed by atoms with E-state index in [1.807, 2.05) is 28.7 Å². The van der Waals surface area contributed by atoms with Gasteiger partial charge in [0.05, 0.1) is 11.7 Å². The van der Waals surface area contributed by atoms with Gasteiger partial charge in [-0.1, -0.05) is 6.92 Å². The van der Waals surface area contributed by atoms with Gasteiger partial charge in [0.1, 0.15) is 12.2 Å². The largest absolute Gasteiger partial charge is 0.308 e. The zero-order valence-corrected chi connectivity index (χ0v) is 11.2. The normalized spacial score (nSPS) is 12.8. The van der Waals surface area contributed by atoms with Crippen LogP contribution in [-0.4, -0.2) is 31.1 Å². The summed E-state index contributed by atoms with van der Waals surface area (Å²) in [5.41, 5.74) is 1.05. The maximum Gasteiger partial charge on any atom is 0.138 e. The van der Waals surface area contributed by atoms with E-state index in [2.05, 4.69) is 34.3 Å². The molecule has 0 spiro atoms. The Labute approximate surface area is 107 Å². The molecule has 2 heterocycles. The van der Waals surface area contributed by atoms with Gasteiger partial charge in [-0.2, -0.15) is 10.2 Å². The Bertz CT molecular complexity index is 486. The molecular weight excluding hydrogens is 228 g/mol. The van der Waals surface area contributed by atoms with Gasteiger partial charge in [-0.25, -0.2) is 4.98 Å². The van der Waals surface area contributed by atoms with E-state index in [0.717, 1.165) is 31.0 Å². The molecule has 98 valence electrons. The first-order chi connectivity index (χ1) is 8.74. The maximum atomic E-state index is 4.46. The molecule has 0 aromatic carbocycles. The van der Waals surface area contributed by atoms with Crippen LogP contribution in [0.2, 0.25) is 0 Å². The van der Waals surface area contributed by atoms with Gasteiger partial charge in [0.25, 0.3) is 0 Å². The van der Waals surface area contributed by atoms with Crippen LogP contribution >= 0.6 is 0 Å². The molecule has 2 rings (SSSR count). The van der Waals surface area contributed by atoms with E-state index in [0.29, 0.717) is 0 Å². The molecule has 6 heteroatoms. The summed E-state index contributed by atoms with van der Waals surface area (Å²) in [6.07, 6.45) is 4.38. The number of nitrogens with one attached hydrogen (secondary N) is 1. The lowest BCUT2D eigenvalue weighted by atomic mass is 10.1. The van der Waals surface area contributed by atoms with Gasteiger partial charge in [0.2, 0.25) is 0 Å². The van der Waals surface area contributed by atoms with Gasteiger partial charge >= 0.3 is 0 Å². The summed E-state index contributed by atoms with van der Waals surface area (Å²) in [6, 6.07) is 2.23. The zero-order chi connectivity index (χ0) is 13.0. The standard InChI is InChI=1S/C12H20N6/c1-4-13-11(10-6-7-17(3)16-10)8-12-14-9-15-18(12)5-2/h6-7,9,11,13H,4-5,8H2,1-3H3. The van der Waals surface area contributed by atoms with Crippen molar-refractivity contribution in [3.8, 4) is 0 Å². The third-order valence-electron chi connectivity index (χ3n) is 2.92. The van der Waals surface area contributed by atoms with Crippen molar-refractivity contribution in [2.24, 2.45) is 7.05 Å². The third kappa shape index (κ3) is 2.76. The summed E-state index contributed by atoms with van der Waals surface area (Å²) in [4.78, 5) is 4.32. The Morgan fingerprint density at radius 2 is 2.22 bits per heavy atom. The molecule has 0 bridgehead atoms. The summed E-state index contributed by atoms with van der Waals surface area (Å²) in [5, 5.41) is 12.1. The van der Waals surface area contributed by atoms with Crippen LogP contribution in [-0.2, 0) is 20.0 Å². The van der Waals surface area contributed by atoms with Gasteiger partial charge in [-0.15, -0.1) is 0 Å². The summed E-state index contributed by atoms with van der Waals surface area (Å²) in [6.45, 7) is 5.92. The van der Waals surface area contributed by atoms with Gasteiger partial charge in [-0.3, -0.25) is 9.36 Å². The van der Waals surface area contributed by atoms with Crippen LogP contribution in [0.3, 0.4) is 0 Å². The number of hydrogen-bond donors (Lipinski definition) is 1. The van der Waals surface area contributed by atoms with Crippen molar-refractivity contribution in [2.75, 3.05) is 6.54 Å². The first-order valence-corrected chi connectivity index (χ1v) is 6.34. The second-order valence-corrected chi connectivity index (χ2v) is 4.22. The van der Waals surface area contributed by atoms with Crippen molar-refractivity contribution in [1.29, 1.82) is 0 Å². The number of hydrogen-bond acceptors (Lipinski definition) is 4. The Balaban J connectivity index is 2.16. The number of likely N-dealkylation sites (N-methyl/N-ethyl adjacent to an activating group) is 1. The Morgan fingerprint density at radius 3 is 2.83 bits per heavy atom. The highest BCUT2D eigenvalue weighted by molar-refractivity contribution is 5.08. The first-order valence-electron chi connectivity index (χ1n) is 6.34. The van der Waals surface area contributed by atoms with Crippen molar-refractivity contribution in [2.45, 2.75) is 32.9 Å². The minimum Gasteiger partial charge on any atom is -0.308 e. The molecule has 0 fully saturated rings. The topological polar surface area (TPSA) is 60.6 Å². The molecular formula is C12H20N6. The SMILES string of the molecule is CCNC(Cc1ncnn1CC)c1ccn(C)n1. The molecule has 1 atom stereocenters. The van der Waals surface area contributed by atoms with Crippen molar-refractivity contribution in [3.63, 3.8) is 0 Å². The fourth-order valence-corrected chi connectivity index (χ4v) is 2.04. The summed E-state index contributed by atoms with van der Waals surface area (Å²) in [7, 11) is 1.93. The van der Waals surface area contributed by atoms with Gasteiger partial charge in [0, 0.05) is 26.2 Å². The second kappa shape index (κ2) is 5.77. The number of aromatic nitrogens is 5. The van der Waals surface area contributed by atoms with Crippen LogP contribution in [0.4, 0.5) is 0 Å². The Morgan fingerprint density at radius 1 is 1.39 bits per heavy atom. The van der Waals surface area contributed by atoms with E-state index in [9.17, 15) is 0 Å². The molecule has 0 aliphatic heterocycles. The number of rotatable bonds is 6. The smallest absolute Gasteiger partial charge is 0.138 e. The lowest BCUT2D eigenvalue weighted by molar-refractivity contribution is 0.495. The molecule has 0 aliphatic rings. The highest BCUT2D eigenvalue weighted by Gasteiger charge is 2.16. The third-order valence-corrected chi connectivity index (χ3v) is 2.92. The molecule has 1 unspecified atom stereocenters. The van der Waals surface area contributed by atoms with E-state index >= 15 is 0 Å². The van der Waals surface area contributed by atoms with Gasteiger partial charge in [0.15, 0.2) is 0 Å². The minimum absolute atomic E-state index is 0.186. The number of nitrogens with zero attached hydrogens (tertiary/aromatic N) is 5. The van der Waals surface area contributed by atoms with E-state index < -0.39 is 0 Å². The summed E-state index contributed by atoms with van der Waals surface area (Å²) < 4.78 is 3.75. The van der Waals surface area contributed by atoms with Crippen LogP contribution in [0.25, 0.3) is 0 Å².